The average Bonchev–Trinajstić information content (AvgIpc) is 3.39. The molecule has 0 fully saturated rings. The second-order valence-corrected chi connectivity index (χ2v) is 10.7. The summed E-state index contributed by atoms with van der Waals surface area (Å²) in [6.07, 6.45) is 0.242. The van der Waals surface area contributed by atoms with Crippen molar-refractivity contribution in [3.8, 4) is 11.5 Å². The maximum absolute atomic E-state index is 14.3. The molecule has 0 saturated carbocycles. The Kier molecular flexibility index (Phi) is 8.10. The lowest BCUT2D eigenvalue weighted by molar-refractivity contribution is -0.136. The minimum atomic E-state index is -0.904. The molecule has 8 nitrogen and oxygen atoms in total. The summed E-state index contributed by atoms with van der Waals surface area (Å²) in [5.41, 5.74) is 2.80. The number of hydrogen-bond acceptors (Lipinski definition) is 4. The van der Waals surface area contributed by atoms with Gasteiger partial charge in [-0.25, -0.2) is 9.18 Å². The van der Waals surface area contributed by atoms with Crippen LogP contribution < -0.4 is 15.4 Å². The molecule has 44 heavy (non-hydrogen) atoms. The van der Waals surface area contributed by atoms with Crippen LogP contribution in [0.2, 0.25) is 0 Å². The zero-order chi connectivity index (χ0) is 30.6. The molecule has 2 heterocycles. The van der Waals surface area contributed by atoms with Gasteiger partial charge in [0.2, 0.25) is 5.91 Å². The number of hydrogen-bond donors (Lipinski definition) is 2. The second kappa shape index (κ2) is 12.4. The van der Waals surface area contributed by atoms with Crippen molar-refractivity contribution in [3.63, 3.8) is 0 Å². The quantitative estimate of drug-likeness (QED) is 0.276. The standard InChI is InChI=1S/C35H31FN4O4/c1-39-30-22-40(29(19-23-11-4-2-5-12-23)33(41)37-21-25-13-8-9-18-28(25)36)34(42)31(30)32(38-35(39)43)24-14-10-17-27(20-24)44-26-15-6-3-7-16-26/h2-18,20,29,32H,19,21-22H2,1H3,(H,37,41)(H,38,43)/t29-,32+/m1/s1. The lowest BCUT2D eigenvalue weighted by atomic mass is 9.95. The third-order valence-corrected chi connectivity index (χ3v) is 7.92. The summed E-state index contributed by atoms with van der Waals surface area (Å²) in [6.45, 7) is 0.0438. The van der Waals surface area contributed by atoms with Crippen LogP contribution in [0.15, 0.2) is 120 Å². The van der Waals surface area contributed by atoms with E-state index in [4.69, 9.17) is 4.74 Å². The number of ether oxygens (including phenoxy) is 1. The molecule has 2 atom stereocenters. The van der Waals surface area contributed by atoms with Crippen LogP contribution in [0.25, 0.3) is 0 Å². The molecule has 0 radical (unpaired) electrons. The number of urea groups is 1. The van der Waals surface area contributed by atoms with Crippen LogP contribution >= 0.6 is 0 Å². The first-order chi connectivity index (χ1) is 21.4. The van der Waals surface area contributed by atoms with Crippen LogP contribution in [0.5, 0.6) is 11.5 Å². The number of nitrogens with one attached hydrogen (secondary N) is 2. The molecule has 2 aliphatic heterocycles. The SMILES string of the molecule is CN1C(=O)N[C@@H](c2cccc(Oc3ccccc3)c2)C2=C1CN([C@H](Cc1ccccc1)C(=O)NCc1ccccc1F)C2=O. The van der Waals surface area contributed by atoms with Crippen LogP contribution in [0.3, 0.4) is 0 Å². The molecule has 9 heteroatoms. The van der Waals surface area contributed by atoms with Gasteiger partial charge in [-0.3, -0.25) is 14.5 Å². The Balaban J connectivity index is 1.29. The van der Waals surface area contributed by atoms with Gasteiger partial charge in [-0.05, 0) is 41.5 Å². The van der Waals surface area contributed by atoms with Crippen LogP contribution in [0.1, 0.15) is 22.7 Å². The minimum absolute atomic E-state index is 0.0251. The Labute approximate surface area is 254 Å². The van der Waals surface area contributed by atoms with Gasteiger partial charge >= 0.3 is 6.03 Å². The van der Waals surface area contributed by atoms with E-state index in [-0.39, 0.29) is 31.4 Å². The van der Waals surface area contributed by atoms with Gasteiger partial charge in [-0.15, -0.1) is 0 Å². The lowest BCUT2D eigenvalue weighted by Gasteiger charge is -2.31. The van der Waals surface area contributed by atoms with E-state index in [1.165, 1.54) is 15.9 Å². The zero-order valence-corrected chi connectivity index (χ0v) is 24.1. The van der Waals surface area contributed by atoms with E-state index in [1.807, 2.05) is 72.8 Å². The summed E-state index contributed by atoms with van der Waals surface area (Å²) < 4.78 is 20.3. The molecule has 0 aliphatic carbocycles. The summed E-state index contributed by atoms with van der Waals surface area (Å²) in [4.78, 5) is 44.0. The van der Waals surface area contributed by atoms with Crippen molar-refractivity contribution in [1.82, 2.24) is 20.4 Å². The molecular weight excluding hydrogens is 559 g/mol. The highest BCUT2D eigenvalue weighted by Crippen LogP contribution is 2.38. The number of likely N-dealkylation sites (N-methyl/N-ethyl adjacent to an activating group) is 1. The van der Waals surface area contributed by atoms with E-state index in [0.717, 1.165) is 5.56 Å². The maximum atomic E-state index is 14.3. The molecule has 2 N–H and O–H groups in total. The topological polar surface area (TPSA) is 91.0 Å². The average molecular weight is 591 g/mol. The fourth-order valence-electron chi connectivity index (χ4n) is 5.60. The molecule has 222 valence electrons. The second-order valence-electron chi connectivity index (χ2n) is 10.7. The molecule has 2 aliphatic rings. The van der Waals surface area contributed by atoms with Crippen molar-refractivity contribution in [1.29, 1.82) is 0 Å². The Hall–Kier alpha value is -5.44. The first kappa shape index (κ1) is 28.7. The predicted octanol–water partition coefficient (Wildman–Crippen LogP) is 5.34. The molecule has 0 bridgehead atoms. The number of amides is 4. The largest absolute Gasteiger partial charge is 0.457 e. The van der Waals surface area contributed by atoms with Gasteiger partial charge in [0.05, 0.1) is 23.9 Å². The van der Waals surface area contributed by atoms with Crippen molar-refractivity contribution in [2.75, 3.05) is 13.6 Å². The van der Waals surface area contributed by atoms with E-state index in [1.54, 1.807) is 37.4 Å². The van der Waals surface area contributed by atoms with Crippen molar-refractivity contribution >= 4 is 17.8 Å². The molecule has 0 saturated heterocycles. The predicted molar refractivity (Wildman–Crippen MR) is 163 cm³/mol. The van der Waals surface area contributed by atoms with Gasteiger partial charge in [-0.1, -0.05) is 78.9 Å². The van der Waals surface area contributed by atoms with Crippen molar-refractivity contribution in [2.45, 2.75) is 25.0 Å². The van der Waals surface area contributed by atoms with Gasteiger partial charge in [0.25, 0.3) is 5.91 Å². The van der Waals surface area contributed by atoms with E-state index in [2.05, 4.69) is 10.6 Å². The lowest BCUT2D eigenvalue weighted by Crippen LogP contribution is -2.49. The molecular formula is C35H31FN4O4. The van der Waals surface area contributed by atoms with E-state index >= 15 is 0 Å². The Morgan fingerprint density at radius 1 is 0.932 bits per heavy atom. The number of carbonyl (C=O) groups is 3. The fraction of sp³-hybridized carbons (Fsp3) is 0.171. The smallest absolute Gasteiger partial charge is 0.322 e. The molecule has 4 aromatic carbocycles. The Morgan fingerprint density at radius 3 is 2.36 bits per heavy atom. The molecule has 6 rings (SSSR count). The number of nitrogens with zero attached hydrogens (tertiary/aromatic N) is 2. The summed E-state index contributed by atoms with van der Waals surface area (Å²) in [5, 5.41) is 5.78. The number of halogens is 1. The maximum Gasteiger partial charge on any atom is 0.322 e. The number of benzene rings is 4. The highest BCUT2D eigenvalue weighted by atomic mass is 19.1. The van der Waals surface area contributed by atoms with Crippen molar-refractivity contribution in [3.05, 3.63) is 143 Å². The minimum Gasteiger partial charge on any atom is -0.457 e. The fourth-order valence-corrected chi connectivity index (χ4v) is 5.60. The summed E-state index contributed by atoms with van der Waals surface area (Å²) in [5.74, 6) is 0.0237. The van der Waals surface area contributed by atoms with E-state index < -0.39 is 23.8 Å². The van der Waals surface area contributed by atoms with Gasteiger partial charge in [-0.2, -0.15) is 0 Å². The number of para-hydroxylation sites is 1. The van der Waals surface area contributed by atoms with Crippen LogP contribution in [0, 0.1) is 5.82 Å². The number of rotatable bonds is 9. The highest BCUT2D eigenvalue weighted by molar-refractivity contribution is 6.03. The van der Waals surface area contributed by atoms with Gasteiger partial charge < -0.3 is 20.3 Å². The van der Waals surface area contributed by atoms with E-state index in [9.17, 15) is 18.8 Å². The monoisotopic (exact) mass is 590 g/mol. The van der Waals surface area contributed by atoms with E-state index in [0.29, 0.717) is 33.9 Å². The highest BCUT2D eigenvalue weighted by Gasteiger charge is 2.46. The van der Waals surface area contributed by atoms with Crippen LogP contribution in [-0.2, 0) is 22.6 Å². The van der Waals surface area contributed by atoms with Gasteiger partial charge in [0, 0.05) is 25.6 Å². The third kappa shape index (κ3) is 5.89. The zero-order valence-electron chi connectivity index (χ0n) is 24.1. The first-order valence-corrected chi connectivity index (χ1v) is 14.3. The summed E-state index contributed by atoms with van der Waals surface area (Å²) in [7, 11) is 1.61. The van der Waals surface area contributed by atoms with Gasteiger partial charge in [0.15, 0.2) is 0 Å². The molecule has 0 spiro atoms. The Morgan fingerprint density at radius 2 is 1.61 bits per heavy atom. The summed E-state index contributed by atoms with van der Waals surface area (Å²) in [6, 6.07) is 30.2. The Bertz CT molecular complexity index is 1730. The number of carbonyl (C=O) groups excluding carboxylic acids is 3. The summed E-state index contributed by atoms with van der Waals surface area (Å²) >= 11 is 0. The molecule has 0 unspecified atom stereocenters. The third-order valence-electron chi connectivity index (χ3n) is 7.92. The first-order valence-electron chi connectivity index (χ1n) is 14.3. The van der Waals surface area contributed by atoms with Crippen LogP contribution in [0.4, 0.5) is 9.18 Å². The van der Waals surface area contributed by atoms with Crippen molar-refractivity contribution < 1.29 is 23.5 Å². The van der Waals surface area contributed by atoms with Crippen LogP contribution in [-0.4, -0.2) is 47.3 Å². The van der Waals surface area contributed by atoms with Crippen molar-refractivity contribution in [2.24, 2.45) is 0 Å². The van der Waals surface area contributed by atoms with Gasteiger partial charge in [0.1, 0.15) is 23.4 Å². The normalized spacial score (nSPS) is 16.8. The molecule has 4 aromatic rings. The molecule has 0 aromatic heterocycles. The molecule has 4 amide bonds.